The van der Waals surface area contributed by atoms with Crippen LogP contribution in [0, 0.1) is 0 Å². The molecule has 0 aromatic heterocycles. The van der Waals surface area contributed by atoms with E-state index in [1.807, 2.05) is 0 Å². The summed E-state index contributed by atoms with van der Waals surface area (Å²) in [6.07, 6.45) is 4.79. The van der Waals surface area contributed by atoms with Crippen molar-refractivity contribution in [1.29, 1.82) is 0 Å². The largest absolute Gasteiger partial charge is 0.464 e. The van der Waals surface area contributed by atoms with Gasteiger partial charge in [-0.2, -0.15) is 0 Å². The summed E-state index contributed by atoms with van der Waals surface area (Å²) in [6.45, 7) is 0. The maximum atomic E-state index is 11.2. The molecule has 5 N–H and O–H groups in total. The summed E-state index contributed by atoms with van der Waals surface area (Å²) >= 11 is 1.73. The molecule has 0 aromatic rings. The third-order valence-corrected chi connectivity index (χ3v) is 3.46. The molecule has 1 aliphatic carbocycles. The second kappa shape index (κ2) is 7.53. The normalized spacial score (nSPS) is 23.6. The number of halogens is 1. The van der Waals surface area contributed by atoms with Gasteiger partial charge in [-0.25, -0.2) is 10.6 Å². The van der Waals surface area contributed by atoms with Gasteiger partial charge >= 0.3 is 5.97 Å². The van der Waals surface area contributed by atoms with E-state index >= 15 is 0 Å². The monoisotopic (exact) mass is 382 g/mol. The molecule has 1 rings (SSSR count). The third-order valence-electron chi connectivity index (χ3n) is 3.15. The molecule has 0 bridgehead atoms. The predicted octanol–water partition coefficient (Wildman–Crippen LogP) is 0.591. The summed E-state index contributed by atoms with van der Waals surface area (Å²) in [6, 6.07) is 0.321. The smallest absolute Gasteiger partial charge is 0.355 e. The van der Waals surface area contributed by atoms with Gasteiger partial charge in [0.1, 0.15) is 5.70 Å². The summed E-state index contributed by atoms with van der Waals surface area (Å²) < 4.78 is 4.46. The molecule has 0 atom stereocenters. The molecule has 0 radical (unpaired) electrons. The number of amides is 1. The zero-order valence-electron chi connectivity index (χ0n) is 10.8. The number of methoxy groups -OCH3 is 1. The number of esters is 1. The van der Waals surface area contributed by atoms with Gasteiger partial charge in [0.15, 0.2) is 0 Å². The van der Waals surface area contributed by atoms with E-state index in [9.17, 15) is 9.59 Å². The first kappa shape index (κ1) is 16.0. The molecule has 0 aromatic carbocycles. The van der Waals surface area contributed by atoms with Crippen LogP contribution in [-0.2, 0) is 9.53 Å². The number of nitrogens with two attached hydrogens (primary N) is 2. The number of hydrazine groups is 1. The maximum absolute atomic E-state index is 11.2. The summed E-state index contributed by atoms with van der Waals surface area (Å²) in [4.78, 5) is 22.1. The van der Waals surface area contributed by atoms with Gasteiger partial charge in [0, 0.05) is 40.9 Å². The maximum Gasteiger partial charge on any atom is 0.355 e. The molecular formula is C11H19IN4O3. The fraction of sp³-hybridized carbons (Fsp3) is 0.636. The Morgan fingerprint density at radius 1 is 1.37 bits per heavy atom. The van der Waals surface area contributed by atoms with Crippen LogP contribution in [0.25, 0.3) is 0 Å². The highest BCUT2D eigenvalue weighted by Gasteiger charge is 2.24. The second-order valence-corrected chi connectivity index (χ2v) is 5.43. The Bertz CT molecular complexity index is 367. The van der Waals surface area contributed by atoms with Crippen molar-refractivity contribution < 1.29 is 14.3 Å². The van der Waals surface area contributed by atoms with Gasteiger partial charge in [-0.15, -0.1) is 0 Å². The van der Waals surface area contributed by atoms with Crippen LogP contribution in [0.3, 0.4) is 0 Å². The molecule has 108 valence electrons. The molecular weight excluding hydrogens is 363 g/mol. The lowest BCUT2D eigenvalue weighted by Gasteiger charge is -2.33. The van der Waals surface area contributed by atoms with Crippen molar-refractivity contribution >= 4 is 32.5 Å². The van der Waals surface area contributed by atoms with E-state index in [4.69, 9.17) is 11.6 Å². The second-order valence-electron chi connectivity index (χ2n) is 4.45. The summed E-state index contributed by atoms with van der Waals surface area (Å²) in [5.41, 5.74) is 5.51. The number of carbonyl (C=O) groups is 2. The van der Waals surface area contributed by atoms with Gasteiger partial charge in [0.2, 0.25) is 0 Å². The van der Waals surface area contributed by atoms with Crippen molar-refractivity contribution in [1.82, 2.24) is 10.3 Å². The molecule has 8 heteroatoms. The summed E-state index contributed by atoms with van der Waals surface area (Å²) in [7, 11) is 1.27. The Morgan fingerprint density at radius 2 is 1.95 bits per heavy atom. The van der Waals surface area contributed by atoms with E-state index in [-0.39, 0.29) is 21.7 Å². The van der Waals surface area contributed by atoms with Gasteiger partial charge < -0.3 is 20.8 Å². The van der Waals surface area contributed by atoms with E-state index in [0.717, 1.165) is 25.7 Å². The molecule has 1 aliphatic rings. The van der Waals surface area contributed by atoms with E-state index in [1.54, 1.807) is 22.6 Å². The van der Waals surface area contributed by atoms with Crippen LogP contribution in [0.15, 0.2) is 11.9 Å². The van der Waals surface area contributed by atoms with Crippen LogP contribution in [0.5, 0.6) is 0 Å². The number of rotatable bonds is 4. The molecule has 1 amide bonds. The van der Waals surface area contributed by atoms with Crippen LogP contribution >= 0.6 is 22.6 Å². The average Bonchev–Trinajstić information content (AvgIpc) is 2.37. The van der Waals surface area contributed by atoms with Crippen LogP contribution in [0.1, 0.15) is 25.7 Å². The summed E-state index contributed by atoms with van der Waals surface area (Å²) in [5, 5.41) is 4.34. The van der Waals surface area contributed by atoms with Crippen LogP contribution in [-0.4, -0.2) is 34.1 Å². The lowest BCUT2D eigenvalue weighted by atomic mass is 9.91. The Kier molecular flexibility index (Phi) is 6.35. The SMILES string of the molecule is COC(=O)/C(N)=C/N(N)C1CCC(NC(=O)I)CC1. The highest BCUT2D eigenvalue weighted by molar-refractivity contribution is 14.1. The van der Waals surface area contributed by atoms with E-state index in [0.29, 0.717) is 0 Å². The molecule has 0 aliphatic heterocycles. The average molecular weight is 382 g/mol. The number of ether oxygens (including phenoxy) is 1. The lowest BCUT2D eigenvalue weighted by molar-refractivity contribution is -0.136. The minimum absolute atomic E-state index is 0.0207. The van der Waals surface area contributed by atoms with Crippen LogP contribution < -0.4 is 16.9 Å². The van der Waals surface area contributed by atoms with Gasteiger partial charge in [-0.3, -0.25) is 4.79 Å². The first-order valence-electron chi connectivity index (χ1n) is 5.98. The van der Waals surface area contributed by atoms with Crippen molar-refractivity contribution in [2.45, 2.75) is 37.8 Å². The zero-order valence-corrected chi connectivity index (χ0v) is 12.9. The minimum Gasteiger partial charge on any atom is -0.464 e. The number of hydrogen-bond donors (Lipinski definition) is 3. The molecule has 7 nitrogen and oxygen atoms in total. The Labute approximate surface area is 125 Å². The van der Waals surface area contributed by atoms with Gasteiger partial charge in [0.25, 0.3) is 3.91 Å². The number of carbonyl (C=O) groups excluding carboxylic acids is 2. The van der Waals surface area contributed by atoms with E-state index < -0.39 is 5.97 Å². The molecule has 0 spiro atoms. The summed E-state index contributed by atoms with van der Waals surface area (Å²) in [5.74, 6) is 5.27. The van der Waals surface area contributed by atoms with Crippen LogP contribution in [0.4, 0.5) is 4.79 Å². The number of hydrogen-bond acceptors (Lipinski definition) is 6. The van der Waals surface area contributed by atoms with Gasteiger partial charge in [0.05, 0.1) is 7.11 Å². The molecule has 0 unspecified atom stereocenters. The van der Waals surface area contributed by atoms with Crippen molar-refractivity contribution in [2.75, 3.05) is 7.11 Å². The fourth-order valence-electron chi connectivity index (χ4n) is 2.12. The van der Waals surface area contributed by atoms with E-state index in [2.05, 4.69) is 10.1 Å². The predicted molar refractivity (Wildman–Crippen MR) is 78.9 cm³/mol. The minimum atomic E-state index is -0.596. The van der Waals surface area contributed by atoms with Crippen molar-refractivity contribution in [2.24, 2.45) is 11.6 Å². The van der Waals surface area contributed by atoms with Crippen LogP contribution in [0.2, 0.25) is 0 Å². The first-order valence-corrected chi connectivity index (χ1v) is 7.06. The number of nitrogens with one attached hydrogen (secondary N) is 1. The van der Waals surface area contributed by atoms with Crippen molar-refractivity contribution in [3.63, 3.8) is 0 Å². The van der Waals surface area contributed by atoms with Gasteiger partial charge in [-0.1, -0.05) is 0 Å². The standard InChI is InChI=1S/C11H19IN4O3/c1-19-10(17)9(13)6-16(14)8-4-2-7(3-5-8)15-11(12)18/h6-8H,2-5,13-14H2,1H3,(H,15,18)/b9-6-. The Morgan fingerprint density at radius 3 is 2.42 bits per heavy atom. The number of nitrogens with zero attached hydrogens (tertiary/aromatic N) is 1. The van der Waals surface area contributed by atoms with Crippen molar-refractivity contribution in [3.05, 3.63) is 11.9 Å². The Hall–Kier alpha value is -1.03. The van der Waals surface area contributed by atoms with Gasteiger partial charge in [-0.05, 0) is 25.7 Å². The quantitative estimate of drug-likeness (QED) is 0.125. The highest BCUT2D eigenvalue weighted by atomic mass is 127. The molecule has 1 fully saturated rings. The van der Waals surface area contributed by atoms with E-state index in [1.165, 1.54) is 18.3 Å². The Balaban J connectivity index is 2.46. The fourth-order valence-corrected chi connectivity index (χ4v) is 2.56. The highest BCUT2D eigenvalue weighted by Crippen LogP contribution is 2.22. The molecule has 19 heavy (non-hydrogen) atoms. The molecule has 0 saturated heterocycles. The molecule has 1 saturated carbocycles. The first-order chi connectivity index (χ1) is 8.93. The van der Waals surface area contributed by atoms with Crippen molar-refractivity contribution in [3.8, 4) is 0 Å². The topological polar surface area (TPSA) is 111 Å². The molecule has 0 heterocycles. The lowest BCUT2D eigenvalue weighted by Crippen LogP contribution is -2.44. The third kappa shape index (κ3) is 5.23. The zero-order chi connectivity index (χ0) is 14.4.